The molecule has 100 valence electrons. The highest BCUT2D eigenvalue weighted by Gasteiger charge is 2.18. The second-order valence-electron chi connectivity index (χ2n) is 3.09. The lowest BCUT2D eigenvalue weighted by atomic mass is 10.2. The third-order valence-electron chi connectivity index (χ3n) is 1.81. The fourth-order valence-corrected chi connectivity index (χ4v) is 1.01. The number of carbonyl (C=O) groups is 2. The van der Waals surface area contributed by atoms with Gasteiger partial charge in [-0.25, -0.2) is 9.59 Å². The number of oxime groups is 1. The van der Waals surface area contributed by atoms with E-state index in [1.165, 1.54) is 18.3 Å². The second kappa shape index (κ2) is 7.59. The summed E-state index contributed by atoms with van der Waals surface area (Å²) in [6, 6.07) is 4.84. The summed E-state index contributed by atoms with van der Waals surface area (Å²) < 4.78 is 9.05. The first-order valence-corrected chi connectivity index (χ1v) is 5.21. The lowest BCUT2D eigenvalue weighted by Gasteiger charge is -2.04. The summed E-state index contributed by atoms with van der Waals surface area (Å²) in [6.07, 6.45) is 1.81. The second-order valence-corrected chi connectivity index (χ2v) is 3.09. The van der Waals surface area contributed by atoms with Crippen molar-refractivity contribution in [2.75, 3.05) is 13.7 Å². The summed E-state index contributed by atoms with van der Waals surface area (Å²) in [6.45, 7) is 3.42. The molecule has 0 aromatic carbocycles. The van der Waals surface area contributed by atoms with Crippen LogP contribution in [0.4, 0.5) is 4.79 Å². The van der Waals surface area contributed by atoms with Crippen LogP contribution in [0.2, 0.25) is 0 Å². The van der Waals surface area contributed by atoms with E-state index in [2.05, 4.69) is 26.3 Å². The van der Waals surface area contributed by atoms with Crippen LogP contribution in [0.25, 0.3) is 0 Å². The molecule has 1 rings (SSSR count). The number of nitrogens with zero attached hydrogens (tertiary/aromatic N) is 2. The summed E-state index contributed by atoms with van der Waals surface area (Å²) in [7, 11) is 1.12. The predicted molar refractivity (Wildman–Crippen MR) is 65.4 cm³/mol. The summed E-state index contributed by atoms with van der Waals surface area (Å²) in [5.74, 6) is -0.789. The van der Waals surface area contributed by atoms with Gasteiger partial charge in [-0.1, -0.05) is 23.9 Å². The molecule has 0 N–H and O–H groups in total. The molecule has 0 amide bonds. The van der Waals surface area contributed by atoms with E-state index < -0.39 is 12.1 Å². The minimum Gasteiger partial charge on any atom is -0.457 e. The maximum Gasteiger partial charge on any atom is 0.534 e. The molecule has 0 saturated heterocycles. The molecular weight excluding hydrogens is 252 g/mol. The monoisotopic (exact) mass is 264 g/mol. The van der Waals surface area contributed by atoms with Crippen LogP contribution in [-0.2, 0) is 19.1 Å². The maximum absolute atomic E-state index is 11.7. The lowest BCUT2D eigenvalue weighted by Crippen LogP contribution is -2.21. The molecule has 0 spiro atoms. The molecule has 0 aliphatic heterocycles. The number of aromatic nitrogens is 1. The lowest BCUT2D eigenvalue weighted by molar-refractivity contribution is -0.134. The van der Waals surface area contributed by atoms with Crippen LogP contribution in [-0.4, -0.2) is 36.5 Å². The van der Waals surface area contributed by atoms with Crippen molar-refractivity contribution in [1.82, 2.24) is 4.98 Å². The Bertz CT molecular complexity index is 484. The summed E-state index contributed by atoms with van der Waals surface area (Å²) in [5.41, 5.74) is -0.0340. The molecule has 0 bridgehead atoms. The van der Waals surface area contributed by atoms with E-state index in [1.54, 1.807) is 12.1 Å². The topological polar surface area (TPSA) is 87.1 Å². The van der Waals surface area contributed by atoms with Crippen molar-refractivity contribution < 1.29 is 23.9 Å². The average molecular weight is 264 g/mol. The molecule has 7 heteroatoms. The maximum atomic E-state index is 11.7. The highest BCUT2D eigenvalue weighted by molar-refractivity contribution is 6.42. The molecule has 1 aromatic heterocycles. The number of esters is 1. The molecule has 0 saturated carbocycles. The molecule has 1 heterocycles. The van der Waals surface area contributed by atoms with E-state index in [0.29, 0.717) is 0 Å². The van der Waals surface area contributed by atoms with Crippen LogP contribution in [0.15, 0.2) is 42.2 Å². The van der Waals surface area contributed by atoms with Crippen molar-refractivity contribution in [1.29, 1.82) is 0 Å². The zero-order valence-electron chi connectivity index (χ0n) is 10.2. The molecule has 0 atom stereocenters. The van der Waals surface area contributed by atoms with Gasteiger partial charge in [-0.15, -0.1) is 0 Å². The van der Waals surface area contributed by atoms with Gasteiger partial charge >= 0.3 is 12.1 Å². The smallest absolute Gasteiger partial charge is 0.457 e. The fraction of sp³-hybridized carbons (Fsp3) is 0.167. The normalized spacial score (nSPS) is 10.5. The zero-order valence-corrected chi connectivity index (χ0v) is 10.2. The van der Waals surface area contributed by atoms with E-state index in [1.807, 2.05) is 0 Å². The highest BCUT2D eigenvalue weighted by atomic mass is 16.8. The zero-order chi connectivity index (χ0) is 14.1. The van der Waals surface area contributed by atoms with Crippen molar-refractivity contribution in [2.45, 2.75) is 0 Å². The van der Waals surface area contributed by atoms with Crippen LogP contribution in [0, 0.1) is 0 Å². The van der Waals surface area contributed by atoms with Crippen LogP contribution in [0.5, 0.6) is 0 Å². The Labute approximate surface area is 109 Å². The number of hydrogen-bond acceptors (Lipinski definition) is 7. The standard InChI is InChI=1S/C12H12N2O5/c1-3-8-18-11(15)10(14-19-12(16)17-2)9-6-4-5-7-13-9/h3-7H,1,8H2,2H3/b14-10-. The average Bonchev–Trinajstić information content (AvgIpc) is 2.46. The third kappa shape index (κ3) is 4.58. The van der Waals surface area contributed by atoms with Crippen molar-refractivity contribution in [3.63, 3.8) is 0 Å². The first-order valence-electron chi connectivity index (χ1n) is 5.21. The van der Waals surface area contributed by atoms with E-state index >= 15 is 0 Å². The first kappa shape index (κ1) is 14.4. The van der Waals surface area contributed by atoms with E-state index in [0.717, 1.165) is 7.11 Å². The Kier molecular flexibility index (Phi) is 5.74. The number of pyridine rings is 1. The molecule has 0 unspecified atom stereocenters. The quantitative estimate of drug-likeness (QED) is 0.262. The van der Waals surface area contributed by atoms with Crippen molar-refractivity contribution in [3.8, 4) is 0 Å². The number of hydrogen-bond donors (Lipinski definition) is 0. The largest absolute Gasteiger partial charge is 0.534 e. The number of ether oxygens (including phenoxy) is 2. The van der Waals surface area contributed by atoms with Gasteiger partial charge in [0, 0.05) is 6.20 Å². The summed E-state index contributed by atoms with van der Waals surface area (Å²) in [4.78, 5) is 30.9. The van der Waals surface area contributed by atoms with Crippen molar-refractivity contribution >= 4 is 17.8 Å². The van der Waals surface area contributed by atoms with E-state index in [-0.39, 0.29) is 18.0 Å². The van der Waals surface area contributed by atoms with Gasteiger partial charge in [0.2, 0.25) is 5.71 Å². The summed E-state index contributed by atoms with van der Waals surface area (Å²) in [5, 5.41) is 3.39. The van der Waals surface area contributed by atoms with Crippen LogP contribution >= 0.6 is 0 Å². The van der Waals surface area contributed by atoms with E-state index in [9.17, 15) is 9.59 Å². The van der Waals surface area contributed by atoms with E-state index in [4.69, 9.17) is 4.74 Å². The number of rotatable bonds is 5. The Morgan fingerprint density at radius 3 is 2.84 bits per heavy atom. The van der Waals surface area contributed by atoms with Crippen LogP contribution in [0.3, 0.4) is 0 Å². The molecule has 7 nitrogen and oxygen atoms in total. The van der Waals surface area contributed by atoms with Gasteiger partial charge < -0.3 is 9.47 Å². The Hall–Kier alpha value is -2.70. The fourth-order valence-electron chi connectivity index (χ4n) is 1.01. The molecule has 1 aromatic rings. The Morgan fingerprint density at radius 1 is 1.47 bits per heavy atom. The molecule has 19 heavy (non-hydrogen) atoms. The molecular formula is C12H12N2O5. The van der Waals surface area contributed by atoms with Gasteiger partial charge in [-0.3, -0.25) is 9.82 Å². The Balaban J connectivity index is 2.94. The van der Waals surface area contributed by atoms with Gasteiger partial charge in [0.15, 0.2) is 0 Å². The van der Waals surface area contributed by atoms with Gasteiger partial charge in [0.25, 0.3) is 0 Å². The molecule has 0 aliphatic carbocycles. The number of carbonyl (C=O) groups excluding carboxylic acids is 2. The van der Waals surface area contributed by atoms with Gasteiger partial charge in [0.05, 0.1) is 12.8 Å². The minimum absolute atomic E-state index is 0.00289. The minimum atomic E-state index is -1.05. The third-order valence-corrected chi connectivity index (χ3v) is 1.81. The molecule has 0 aliphatic rings. The van der Waals surface area contributed by atoms with Crippen LogP contribution in [0.1, 0.15) is 5.69 Å². The van der Waals surface area contributed by atoms with Gasteiger partial charge in [-0.05, 0) is 12.1 Å². The van der Waals surface area contributed by atoms with Gasteiger partial charge in [-0.2, -0.15) is 0 Å². The first-order chi connectivity index (χ1) is 9.19. The van der Waals surface area contributed by atoms with Gasteiger partial charge in [0.1, 0.15) is 6.61 Å². The predicted octanol–water partition coefficient (Wildman–Crippen LogP) is 1.30. The number of methoxy groups -OCH3 is 1. The van der Waals surface area contributed by atoms with Crippen LogP contribution < -0.4 is 0 Å². The summed E-state index contributed by atoms with van der Waals surface area (Å²) >= 11 is 0. The van der Waals surface area contributed by atoms with Crippen molar-refractivity contribution in [3.05, 3.63) is 42.7 Å². The van der Waals surface area contributed by atoms with Crippen molar-refractivity contribution in [2.24, 2.45) is 5.16 Å². The molecule has 0 radical (unpaired) electrons. The SMILES string of the molecule is C=CCOC(=O)/C(=N\OC(=O)OC)c1ccccn1. The molecule has 0 fully saturated rings. The highest BCUT2D eigenvalue weighted by Crippen LogP contribution is 2.01. The Morgan fingerprint density at radius 2 is 2.26 bits per heavy atom.